The smallest absolute Gasteiger partial charge is 0.246 e. The van der Waals surface area contributed by atoms with E-state index in [1.54, 1.807) is 11.3 Å². The van der Waals surface area contributed by atoms with E-state index in [9.17, 15) is 4.79 Å². The fourth-order valence-electron chi connectivity index (χ4n) is 1.23. The Kier molecular flexibility index (Phi) is 2.98. The molecule has 80 valence electrons. The van der Waals surface area contributed by atoms with E-state index >= 15 is 0 Å². The third-order valence-electron chi connectivity index (χ3n) is 1.89. The van der Waals surface area contributed by atoms with E-state index < -0.39 is 0 Å². The van der Waals surface area contributed by atoms with Gasteiger partial charge in [-0.25, -0.2) is 4.98 Å². The molecule has 0 bridgehead atoms. The molecule has 0 radical (unpaired) electrons. The Morgan fingerprint density at radius 3 is 3.33 bits per heavy atom. The molecular weight excluding hydrogens is 214 g/mol. The number of carbonyl (C=O) groups excluding carboxylic acids is 1. The van der Waals surface area contributed by atoms with E-state index in [0.29, 0.717) is 6.54 Å². The van der Waals surface area contributed by atoms with Crippen LogP contribution in [0.3, 0.4) is 0 Å². The first kappa shape index (κ1) is 10.1. The van der Waals surface area contributed by atoms with Crippen LogP contribution in [0.25, 0.3) is 4.96 Å². The number of nitrogens with one attached hydrogen (secondary N) is 1. The van der Waals surface area contributed by atoms with Crippen molar-refractivity contribution in [2.75, 3.05) is 13.7 Å². The molecule has 0 aliphatic heterocycles. The second-order valence-corrected chi connectivity index (χ2v) is 3.91. The molecule has 15 heavy (non-hydrogen) atoms. The van der Waals surface area contributed by atoms with E-state index in [1.165, 1.54) is 7.11 Å². The molecule has 2 aromatic heterocycles. The number of amides is 1. The predicted octanol–water partition coefficient (Wildman–Crippen LogP) is 0.658. The van der Waals surface area contributed by atoms with Gasteiger partial charge in [0.05, 0.1) is 12.2 Å². The molecule has 6 heteroatoms. The van der Waals surface area contributed by atoms with Crippen LogP contribution in [0, 0.1) is 0 Å². The molecule has 0 unspecified atom stereocenters. The van der Waals surface area contributed by atoms with Crippen LogP contribution in [0.4, 0.5) is 0 Å². The van der Waals surface area contributed by atoms with Gasteiger partial charge < -0.3 is 10.1 Å². The number of carbonyl (C=O) groups is 1. The molecule has 0 saturated carbocycles. The summed E-state index contributed by atoms with van der Waals surface area (Å²) in [5.74, 6) is -0.131. The molecule has 5 nitrogen and oxygen atoms in total. The van der Waals surface area contributed by atoms with Gasteiger partial charge in [-0.2, -0.15) is 0 Å². The van der Waals surface area contributed by atoms with Crippen LogP contribution in [0.5, 0.6) is 0 Å². The quantitative estimate of drug-likeness (QED) is 0.831. The number of hydrogen-bond donors (Lipinski definition) is 1. The summed E-state index contributed by atoms with van der Waals surface area (Å²) in [6, 6.07) is 0. The maximum absolute atomic E-state index is 11.1. The summed E-state index contributed by atoms with van der Waals surface area (Å²) in [5.41, 5.74) is 0.853. The highest BCUT2D eigenvalue weighted by atomic mass is 32.1. The molecule has 1 amide bonds. The maximum atomic E-state index is 11.1. The van der Waals surface area contributed by atoms with E-state index in [2.05, 4.69) is 10.3 Å². The number of aromatic nitrogens is 2. The van der Waals surface area contributed by atoms with Crippen LogP contribution >= 0.6 is 11.3 Å². The lowest BCUT2D eigenvalue weighted by atomic mass is 10.4. The zero-order chi connectivity index (χ0) is 10.7. The van der Waals surface area contributed by atoms with E-state index in [0.717, 1.165) is 10.7 Å². The van der Waals surface area contributed by atoms with Gasteiger partial charge in [-0.3, -0.25) is 9.20 Å². The summed E-state index contributed by atoms with van der Waals surface area (Å²) in [5, 5.41) is 4.68. The molecule has 0 saturated heterocycles. The third kappa shape index (κ3) is 2.34. The van der Waals surface area contributed by atoms with Gasteiger partial charge in [0.2, 0.25) is 5.91 Å². The first-order valence-corrected chi connectivity index (χ1v) is 5.34. The van der Waals surface area contributed by atoms with Crippen molar-refractivity contribution in [1.29, 1.82) is 0 Å². The summed E-state index contributed by atoms with van der Waals surface area (Å²) in [7, 11) is 1.49. The molecule has 1 N–H and O–H groups in total. The number of imidazole rings is 1. The van der Waals surface area contributed by atoms with Crippen LogP contribution in [0.15, 0.2) is 17.8 Å². The van der Waals surface area contributed by atoms with Crippen molar-refractivity contribution in [3.05, 3.63) is 23.5 Å². The SMILES string of the molecule is COCC(=O)NCc1cn2ccsc2n1. The molecule has 0 spiro atoms. The van der Waals surface area contributed by atoms with Gasteiger partial charge in [0.25, 0.3) is 0 Å². The van der Waals surface area contributed by atoms with Crippen molar-refractivity contribution in [3.8, 4) is 0 Å². The molecule has 0 aliphatic carbocycles. The van der Waals surface area contributed by atoms with E-state index in [-0.39, 0.29) is 12.5 Å². The lowest BCUT2D eigenvalue weighted by molar-refractivity contribution is -0.124. The number of rotatable bonds is 4. The Balaban J connectivity index is 1.95. The fourth-order valence-corrected chi connectivity index (χ4v) is 1.95. The van der Waals surface area contributed by atoms with Gasteiger partial charge in [0.15, 0.2) is 4.96 Å². The summed E-state index contributed by atoms with van der Waals surface area (Å²) >= 11 is 1.57. The van der Waals surface area contributed by atoms with Crippen LogP contribution < -0.4 is 5.32 Å². The van der Waals surface area contributed by atoms with Crippen LogP contribution in [0.1, 0.15) is 5.69 Å². The maximum Gasteiger partial charge on any atom is 0.246 e. The zero-order valence-corrected chi connectivity index (χ0v) is 9.08. The normalized spacial score (nSPS) is 10.7. The summed E-state index contributed by atoms with van der Waals surface area (Å²) in [4.78, 5) is 16.4. The average Bonchev–Trinajstić information content (AvgIpc) is 2.74. The van der Waals surface area contributed by atoms with E-state index in [4.69, 9.17) is 4.74 Å². The number of methoxy groups -OCH3 is 1. The highest BCUT2D eigenvalue weighted by molar-refractivity contribution is 7.15. The van der Waals surface area contributed by atoms with Gasteiger partial charge in [0, 0.05) is 24.9 Å². The topological polar surface area (TPSA) is 55.6 Å². The molecule has 0 fully saturated rings. The lowest BCUT2D eigenvalue weighted by Gasteiger charge is -2.00. The molecule has 2 aromatic rings. The van der Waals surface area contributed by atoms with Crippen LogP contribution in [0.2, 0.25) is 0 Å². The van der Waals surface area contributed by atoms with Crippen molar-refractivity contribution in [3.63, 3.8) is 0 Å². The Labute approximate surface area is 90.7 Å². The van der Waals surface area contributed by atoms with Crippen molar-refractivity contribution in [1.82, 2.24) is 14.7 Å². The number of hydrogen-bond acceptors (Lipinski definition) is 4. The van der Waals surface area contributed by atoms with Crippen molar-refractivity contribution >= 4 is 22.2 Å². The van der Waals surface area contributed by atoms with E-state index in [1.807, 2.05) is 22.2 Å². The number of ether oxygens (including phenoxy) is 1. The monoisotopic (exact) mass is 225 g/mol. The molecule has 0 aromatic carbocycles. The predicted molar refractivity (Wildman–Crippen MR) is 56.8 cm³/mol. The van der Waals surface area contributed by atoms with Gasteiger partial charge in [0.1, 0.15) is 6.61 Å². The molecule has 2 rings (SSSR count). The minimum Gasteiger partial charge on any atom is -0.375 e. The highest BCUT2D eigenvalue weighted by Crippen LogP contribution is 2.10. The molecule has 0 atom stereocenters. The van der Waals surface area contributed by atoms with Crippen molar-refractivity contribution in [2.24, 2.45) is 0 Å². The minimum absolute atomic E-state index is 0.0855. The van der Waals surface area contributed by atoms with Crippen LogP contribution in [-0.2, 0) is 16.1 Å². The standard InChI is InChI=1S/C9H11N3O2S/c1-14-6-8(13)10-4-7-5-12-2-3-15-9(12)11-7/h2-3,5H,4,6H2,1H3,(H,10,13). The number of nitrogens with zero attached hydrogens (tertiary/aromatic N) is 2. The lowest BCUT2D eigenvalue weighted by Crippen LogP contribution is -2.26. The summed E-state index contributed by atoms with van der Waals surface area (Å²) in [6.45, 7) is 0.527. The van der Waals surface area contributed by atoms with Gasteiger partial charge in [-0.05, 0) is 0 Å². The Bertz CT molecular complexity index is 434. The third-order valence-corrected chi connectivity index (χ3v) is 2.66. The Morgan fingerprint density at radius 2 is 2.60 bits per heavy atom. The van der Waals surface area contributed by atoms with Crippen molar-refractivity contribution < 1.29 is 9.53 Å². The molecule has 2 heterocycles. The molecule has 0 aliphatic rings. The van der Waals surface area contributed by atoms with Gasteiger partial charge in [-0.15, -0.1) is 11.3 Å². The van der Waals surface area contributed by atoms with Crippen LogP contribution in [-0.4, -0.2) is 29.0 Å². The number of fused-ring (bicyclic) bond motifs is 1. The van der Waals surface area contributed by atoms with Gasteiger partial charge >= 0.3 is 0 Å². The zero-order valence-electron chi connectivity index (χ0n) is 8.27. The first-order chi connectivity index (χ1) is 7.29. The average molecular weight is 225 g/mol. The van der Waals surface area contributed by atoms with Crippen molar-refractivity contribution in [2.45, 2.75) is 6.54 Å². The van der Waals surface area contributed by atoms with Gasteiger partial charge in [-0.1, -0.05) is 0 Å². The second-order valence-electron chi connectivity index (χ2n) is 3.03. The fraction of sp³-hybridized carbons (Fsp3) is 0.333. The number of thiazole rings is 1. The Morgan fingerprint density at radius 1 is 1.73 bits per heavy atom. The summed E-state index contributed by atoms with van der Waals surface area (Å²) < 4.78 is 6.63. The minimum atomic E-state index is -0.131. The largest absolute Gasteiger partial charge is 0.375 e. The highest BCUT2D eigenvalue weighted by Gasteiger charge is 2.04. The Hall–Kier alpha value is -1.40. The first-order valence-electron chi connectivity index (χ1n) is 4.46. The second kappa shape index (κ2) is 4.41. The molecular formula is C9H11N3O2S. The summed E-state index contributed by atoms with van der Waals surface area (Å²) in [6.07, 6.45) is 3.84.